The van der Waals surface area contributed by atoms with Crippen LogP contribution in [0.3, 0.4) is 0 Å². The molecular weight excluding hydrogens is 178 g/mol. The van der Waals surface area contributed by atoms with Gasteiger partial charge in [0, 0.05) is 17.9 Å². The predicted molar refractivity (Wildman–Crippen MR) is 58.2 cm³/mol. The standard InChI is InChI=1S/C10H15N3O/c1-2-5-13-9-6-7(11)3-4-8(9)10(12)14/h3-4,6,13H,2,5,11H2,1H3,(H2,12,14). The van der Waals surface area contributed by atoms with Crippen LogP contribution in [0.4, 0.5) is 11.4 Å². The van der Waals surface area contributed by atoms with E-state index in [1.807, 2.05) is 6.92 Å². The minimum atomic E-state index is -0.441. The van der Waals surface area contributed by atoms with E-state index in [0.717, 1.165) is 13.0 Å². The van der Waals surface area contributed by atoms with Crippen molar-refractivity contribution in [2.45, 2.75) is 13.3 Å². The van der Waals surface area contributed by atoms with Gasteiger partial charge < -0.3 is 16.8 Å². The molecule has 4 heteroatoms. The largest absolute Gasteiger partial charge is 0.399 e. The number of carbonyl (C=O) groups excluding carboxylic acids is 1. The second-order valence-corrected chi connectivity index (χ2v) is 3.10. The maximum atomic E-state index is 11.0. The molecule has 0 saturated carbocycles. The highest BCUT2D eigenvalue weighted by Gasteiger charge is 2.07. The van der Waals surface area contributed by atoms with Gasteiger partial charge in [0.1, 0.15) is 0 Å². The number of nitrogens with two attached hydrogens (primary N) is 2. The Morgan fingerprint density at radius 1 is 1.50 bits per heavy atom. The molecule has 1 amide bonds. The molecule has 0 radical (unpaired) electrons. The van der Waals surface area contributed by atoms with Gasteiger partial charge in [-0.05, 0) is 24.6 Å². The lowest BCUT2D eigenvalue weighted by Crippen LogP contribution is -2.15. The third kappa shape index (κ3) is 2.39. The smallest absolute Gasteiger partial charge is 0.250 e. The molecule has 0 aliphatic heterocycles. The Balaban J connectivity index is 2.97. The molecular formula is C10H15N3O. The molecule has 14 heavy (non-hydrogen) atoms. The zero-order valence-corrected chi connectivity index (χ0v) is 8.21. The lowest BCUT2D eigenvalue weighted by atomic mass is 10.1. The van der Waals surface area contributed by atoms with Crippen molar-refractivity contribution in [1.29, 1.82) is 0 Å². The molecule has 1 aromatic rings. The van der Waals surface area contributed by atoms with Crippen LogP contribution in [0, 0.1) is 0 Å². The monoisotopic (exact) mass is 193 g/mol. The molecule has 0 unspecified atom stereocenters. The van der Waals surface area contributed by atoms with Crippen LogP contribution < -0.4 is 16.8 Å². The molecule has 0 heterocycles. The molecule has 0 atom stereocenters. The van der Waals surface area contributed by atoms with Gasteiger partial charge in [0.2, 0.25) is 0 Å². The molecule has 1 rings (SSSR count). The third-order valence-electron chi connectivity index (χ3n) is 1.87. The zero-order chi connectivity index (χ0) is 10.6. The Hall–Kier alpha value is -1.71. The first-order valence-electron chi connectivity index (χ1n) is 4.58. The van der Waals surface area contributed by atoms with E-state index in [1.165, 1.54) is 0 Å². The van der Waals surface area contributed by atoms with E-state index >= 15 is 0 Å². The van der Waals surface area contributed by atoms with Gasteiger partial charge in [-0.2, -0.15) is 0 Å². The van der Waals surface area contributed by atoms with E-state index < -0.39 is 5.91 Å². The van der Waals surface area contributed by atoms with E-state index in [2.05, 4.69) is 5.32 Å². The van der Waals surface area contributed by atoms with Crippen LogP contribution in [0.2, 0.25) is 0 Å². The first kappa shape index (κ1) is 10.4. The molecule has 0 fully saturated rings. The Kier molecular flexibility index (Phi) is 3.34. The maximum absolute atomic E-state index is 11.0. The summed E-state index contributed by atoms with van der Waals surface area (Å²) in [4.78, 5) is 11.0. The summed E-state index contributed by atoms with van der Waals surface area (Å²) in [5.41, 5.74) is 12.6. The van der Waals surface area contributed by atoms with Crippen molar-refractivity contribution in [1.82, 2.24) is 0 Å². The van der Waals surface area contributed by atoms with Crippen molar-refractivity contribution >= 4 is 17.3 Å². The zero-order valence-electron chi connectivity index (χ0n) is 8.21. The number of hydrogen-bond donors (Lipinski definition) is 3. The quantitative estimate of drug-likeness (QED) is 0.628. The number of nitrogen functional groups attached to an aromatic ring is 1. The summed E-state index contributed by atoms with van der Waals surface area (Å²) in [6, 6.07) is 5.02. The highest BCUT2D eigenvalue weighted by Crippen LogP contribution is 2.18. The van der Waals surface area contributed by atoms with Crippen molar-refractivity contribution in [3.8, 4) is 0 Å². The number of nitrogens with one attached hydrogen (secondary N) is 1. The fraction of sp³-hybridized carbons (Fsp3) is 0.300. The molecule has 0 aromatic heterocycles. The summed E-state index contributed by atoms with van der Waals surface area (Å²) in [5.74, 6) is -0.441. The number of anilines is 2. The lowest BCUT2D eigenvalue weighted by molar-refractivity contribution is 0.100. The fourth-order valence-corrected chi connectivity index (χ4v) is 1.18. The number of hydrogen-bond acceptors (Lipinski definition) is 3. The number of carbonyl (C=O) groups is 1. The summed E-state index contributed by atoms with van der Waals surface area (Å²) in [6.45, 7) is 2.84. The van der Waals surface area contributed by atoms with Gasteiger partial charge in [0.15, 0.2) is 0 Å². The summed E-state index contributed by atoms with van der Waals surface area (Å²) in [6.07, 6.45) is 0.979. The van der Waals surface area contributed by atoms with E-state index in [4.69, 9.17) is 11.5 Å². The van der Waals surface area contributed by atoms with Crippen molar-refractivity contribution < 1.29 is 4.79 Å². The van der Waals surface area contributed by atoms with Gasteiger partial charge in [-0.3, -0.25) is 4.79 Å². The fourth-order valence-electron chi connectivity index (χ4n) is 1.18. The Bertz CT molecular complexity index is 336. The molecule has 5 N–H and O–H groups in total. The first-order valence-corrected chi connectivity index (χ1v) is 4.58. The van der Waals surface area contributed by atoms with Crippen LogP contribution in [0.5, 0.6) is 0 Å². The van der Waals surface area contributed by atoms with Gasteiger partial charge in [0.25, 0.3) is 5.91 Å². The second kappa shape index (κ2) is 4.50. The van der Waals surface area contributed by atoms with Crippen LogP contribution in [-0.2, 0) is 0 Å². The SMILES string of the molecule is CCCNc1cc(N)ccc1C(N)=O. The molecule has 4 nitrogen and oxygen atoms in total. The molecule has 0 spiro atoms. The summed E-state index contributed by atoms with van der Waals surface area (Å²) >= 11 is 0. The van der Waals surface area contributed by atoms with Gasteiger partial charge >= 0.3 is 0 Å². The topological polar surface area (TPSA) is 81.1 Å². The molecule has 0 saturated heterocycles. The van der Waals surface area contributed by atoms with E-state index in [1.54, 1.807) is 18.2 Å². The van der Waals surface area contributed by atoms with Crippen molar-refractivity contribution in [2.75, 3.05) is 17.6 Å². The first-order chi connectivity index (χ1) is 6.65. The Morgan fingerprint density at radius 2 is 2.21 bits per heavy atom. The van der Waals surface area contributed by atoms with Gasteiger partial charge in [0.05, 0.1) is 5.56 Å². The average Bonchev–Trinajstić information content (AvgIpc) is 2.14. The summed E-state index contributed by atoms with van der Waals surface area (Å²) < 4.78 is 0. The molecule has 0 bridgehead atoms. The molecule has 1 aromatic carbocycles. The van der Waals surface area contributed by atoms with Crippen molar-refractivity contribution in [2.24, 2.45) is 5.73 Å². The highest BCUT2D eigenvalue weighted by molar-refractivity contribution is 5.99. The van der Waals surface area contributed by atoms with Gasteiger partial charge in [-0.25, -0.2) is 0 Å². The minimum absolute atomic E-state index is 0.441. The minimum Gasteiger partial charge on any atom is -0.399 e. The predicted octanol–water partition coefficient (Wildman–Crippen LogP) is 1.19. The Labute approximate surface area is 83.3 Å². The molecule has 0 aliphatic rings. The second-order valence-electron chi connectivity index (χ2n) is 3.10. The van der Waals surface area contributed by atoms with Crippen molar-refractivity contribution in [3.63, 3.8) is 0 Å². The van der Waals surface area contributed by atoms with Crippen LogP contribution in [0.15, 0.2) is 18.2 Å². The van der Waals surface area contributed by atoms with E-state index in [-0.39, 0.29) is 0 Å². The van der Waals surface area contributed by atoms with E-state index in [9.17, 15) is 4.79 Å². The summed E-state index contributed by atoms with van der Waals surface area (Å²) in [7, 11) is 0. The number of primary amides is 1. The van der Waals surface area contributed by atoms with Gasteiger partial charge in [-0.15, -0.1) is 0 Å². The summed E-state index contributed by atoms with van der Waals surface area (Å²) in [5, 5.41) is 3.10. The van der Waals surface area contributed by atoms with Crippen LogP contribution in [0.25, 0.3) is 0 Å². The van der Waals surface area contributed by atoms with Crippen LogP contribution in [-0.4, -0.2) is 12.5 Å². The highest BCUT2D eigenvalue weighted by atomic mass is 16.1. The molecule has 76 valence electrons. The molecule has 0 aliphatic carbocycles. The normalized spacial score (nSPS) is 9.79. The van der Waals surface area contributed by atoms with Gasteiger partial charge in [-0.1, -0.05) is 6.92 Å². The Morgan fingerprint density at radius 3 is 2.79 bits per heavy atom. The van der Waals surface area contributed by atoms with Crippen LogP contribution >= 0.6 is 0 Å². The average molecular weight is 193 g/mol. The maximum Gasteiger partial charge on any atom is 0.250 e. The van der Waals surface area contributed by atoms with Crippen molar-refractivity contribution in [3.05, 3.63) is 23.8 Å². The number of benzene rings is 1. The van der Waals surface area contributed by atoms with Crippen LogP contribution in [0.1, 0.15) is 23.7 Å². The lowest BCUT2D eigenvalue weighted by Gasteiger charge is -2.09. The third-order valence-corrected chi connectivity index (χ3v) is 1.87. The number of amides is 1. The van der Waals surface area contributed by atoms with E-state index in [0.29, 0.717) is 16.9 Å². The number of rotatable bonds is 4.